The zero-order chi connectivity index (χ0) is 31.9. The maximum atomic E-state index is 14.3. The largest absolute Gasteiger partial charge is 0.425 e. The summed E-state index contributed by atoms with van der Waals surface area (Å²) in [5.74, 6) is -16.1. The standard InChI is InChI=1S/C25H29F8N5O3/c1-15(2)38(22(41)24(29,30)23(27,28)21(26)25(31,32)33)12-16(3)37(14-39)13-20(40)36(4)19(11-35)18-8-6-5-7-17(18)9-10-34/h5-8,11,14-16,21H,9,12-13,35H2,1-4H3/b19-11+/t16-,21?/m1/s1. The molecule has 0 saturated carbocycles. The van der Waals surface area contributed by atoms with Crippen molar-refractivity contribution in [3.8, 4) is 6.07 Å². The molecule has 0 heterocycles. The lowest BCUT2D eigenvalue weighted by molar-refractivity contribution is -0.299. The smallest absolute Gasteiger partial charge is 0.403 e. The average Bonchev–Trinajstić information content (AvgIpc) is 2.89. The van der Waals surface area contributed by atoms with Crippen LogP contribution in [0, 0.1) is 11.3 Å². The van der Waals surface area contributed by atoms with Crippen molar-refractivity contribution in [2.45, 2.75) is 63.5 Å². The first kappa shape index (κ1) is 35.1. The number of halogens is 8. The molecule has 1 unspecified atom stereocenters. The van der Waals surface area contributed by atoms with Gasteiger partial charge in [-0.3, -0.25) is 14.4 Å². The summed E-state index contributed by atoms with van der Waals surface area (Å²) in [6.45, 7) is 1.67. The molecule has 8 nitrogen and oxygen atoms in total. The number of likely N-dealkylation sites (N-methyl/N-ethyl adjacent to an activating group) is 1. The molecule has 0 aliphatic rings. The molecule has 1 rings (SSSR count). The van der Waals surface area contributed by atoms with Gasteiger partial charge in [-0.25, -0.2) is 4.39 Å². The number of hydrogen-bond donors (Lipinski definition) is 1. The molecule has 0 radical (unpaired) electrons. The Hall–Kier alpha value is -3.90. The fourth-order valence-corrected chi connectivity index (χ4v) is 3.69. The van der Waals surface area contributed by atoms with Crippen molar-refractivity contribution in [2.75, 3.05) is 20.1 Å². The summed E-state index contributed by atoms with van der Waals surface area (Å²) in [6.07, 6.45) is -10.5. The fraction of sp³-hybridized carbons (Fsp3) is 0.520. The Kier molecular flexibility index (Phi) is 11.7. The maximum absolute atomic E-state index is 14.3. The van der Waals surface area contributed by atoms with Gasteiger partial charge in [-0.05, 0) is 26.3 Å². The number of carbonyl (C=O) groups is 3. The van der Waals surface area contributed by atoms with Crippen molar-refractivity contribution in [3.05, 3.63) is 41.6 Å². The number of alkyl halides is 8. The molecular weight excluding hydrogens is 570 g/mol. The molecular formula is C25H29F8N5O3. The van der Waals surface area contributed by atoms with Crippen LogP contribution >= 0.6 is 0 Å². The van der Waals surface area contributed by atoms with E-state index in [-0.39, 0.29) is 23.4 Å². The maximum Gasteiger partial charge on any atom is 0.425 e. The van der Waals surface area contributed by atoms with Crippen LogP contribution in [-0.4, -0.2) is 89.3 Å². The number of hydrogen-bond acceptors (Lipinski definition) is 5. The van der Waals surface area contributed by atoms with Crippen LogP contribution < -0.4 is 5.73 Å². The van der Waals surface area contributed by atoms with E-state index in [9.17, 15) is 49.5 Å². The van der Waals surface area contributed by atoms with Crippen molar-refractivity contribution < 1.29 is 49.5 Å². The monoisotopic (exact) mass is 599 g/mol. The number of nitrogens with zero attached hydrogens (tertiary/aromatic N) is 4. The number of rotatable bonds is 13. The highest BCUT2D eigenvalue weighted by atomic mass is 19.4. The quantitative estimate of drug-likeness (QED) is 0.275. The van der Waals surface area contributed by atoms with Gasteiger partial charge in [-0.2, -0.15) is 36.0 Å². The van der Waals surface area contributed by atoms with Crippen LogP contribution in [0.1, 0.15) is 31.9 Å². The van der Waals surface area contributed by atoms with Crippen LogP contribution in [0.5, 0.6) is 0 Å². The normalized spacial score (nSPS) is 14.2. The minimum atomic E-state index is -6.44. The average molecular weight is 600 g/mol. The first-order chi connectivity index (χ1) is 18.8. The lowest BCUT2D eigenvalue weighted by Crippen LogP contribution is -2.62. The summed E-state index contributed by atoms with van der Waals surface area (Å²) in [6, 6.07) is 5.82. The Morgan fingerprint density at radius 2 is 1.63 bits per heavy atom. The van der Waals surface area contributed by atoms with Gasteiger partial charge in [0, 0.05) is 37.4 Å². The molecule has 2 atom stereocenters. The Morgan fingerprint density at radius 1 is 1.07 bits per heavy atom. The van der Waals surface area contributed by atoms with Gasteiger partial charge >= 0.3 is 18.0 Å². The predicted molar refractivity (Wildman–Crippen MR) is 131 cm³/mol. The number of nitriles is 1. The third-order valence-electron chi connectivity index (χ3n) is 6.11. The number of benzene rings is 1. The van der Waals surface area contributed by atoms with Gasteiger partial charge in [0.1, 0.15) is 6.54 Å². The SMILES string of the molecule is CC(C)N(C[C@@H](C)N(C=O)CC(=O)N(C)/C(=C/N)c1ccccc1CC#N)C(=O)C(F)(F)C(F)(F)C(F)C(F)(F)F. The minimum absolute atomic E-state index is 0.0259. The van der Waals surface area contributed by atoms with Gasteiger partial charge in [-0.1, -0.05) is 24.3 Å². The molecule has 0 saturated heterocycles. The minimum Gasteiger partial charge on any atom is -0.403 e. The van der Waals surface area contributed by atoms with Gasteiger partial charge in [0.15, 0.2) is 0 Å². The van der Waals surface area contributed by atoms with Gasteiger partial charge in [0.2, 0.25) is 12.3 Å². The Labute approximate surface area is 230 Å². The fourth-order valence-electron chi connectivity index (χ4n) is 3.69. The molecule has 16 heteroatoms. The second-order valence-corrected chi connectivity index (χ2v) is 9.28. The van der Waals surface area contributed by atoms with Crippen molar-refractivity contribution in [1.82, 2.24) is 14.7 Å². The van der Waals surface area contributed by atoms with E-state index in [0.717, 1.165) is 36.8 Å². The number of amides is 3. The molecule has 0 aromatic heterocycles. The molecule has 0 fully saturated rings. The molecule has 2 N–H and O–H groups in total. The van der Waals surface area contributed by atoms with Gasteiger partial charge < -0.3 is 20.4 Å². The molecule has 41 heavy (non-hydrogen) atoms. The highest BCUT2D eigenvalue weighted by molar-refractivity contribution is 5.89. The summed E-state index contributed by atoms with van der Waals surface area (Å²) < 4.78 is 107. The first-order valence-corrected chi connectivity index (χ1v) is 11.9. The van der Waals surface area contributed by atoms with E-state index in [4.69, 9.17) is 11.0 Å². The van der Waals surface area contributed by atoms with Gasteiger partial charge in [0.05, 0.1) is 18.2 Å². The van der Waals surface area contributed by atoms with Gasteiger partial charge in [-0.15, -0.1) is 0 Å². The first-order valence-electron chi connectivity index (χ1n) is 11.9. The van der Waals surface area contributed by atoms with E-state index in [2.05, 4.69) is 0 Å². The third kappa shape index (κ3) is 7.86. The molecule has 0 aliphatic carbocycles. The van der Waals surface area contributed by atoms with Crippen LogP contribution in [0.2, 0.25) is 0 Å². The topological polar surface area (TPSA) is 111 Å². The zero-order valence-corrected chi connectivity index (χ0v) is 22.4. The van der Waals surface area contributed by atoms with Crippen molar-refractivity contribution >= 4 is 23.9 Å². The highest BCUT2D eigenvalue weighted by Gasteiger charge is 2.73. The van der Waals surface area contributed by atoms with Crippen molar-refractivity contribution in [1.29, 1.82) is 5.26 Å². The van der Waals surface area contributed by atoms with E-state index >= 15 is 0 Å². The Bertz CT molecular complexity index is 1170. The molecule has 0 bridgehead atoms. The van der Waals surface area contributed by atoms with E-state index in [1.165, 1.54) is 7.05 Å². The van der Waals surface area contributed by atoms with Crippen molar-refractivity contribution in [3.63, 3.8) is 0 Å². The number of carbonyl (C=O) groups excluding carboxylic acids is 3. The summed E-state index contributed by atoms with van der Waals surface area (Å²) in [7, 11) is 1.29. The van der Waals surface area contributed by atoms with Crippen molar-refractivity contribution in [2.24, 2.45) is 5.73 Å². The van der Waals surface area contributed by atoms with E-state index in [1.807, 2.05) is 6.07 Å². The molecule has 3 amide bonds. The molecule has 1 aromatic carbocycles. The zero-order valence-electron chi connectivity index (χ0n) is 22.4. The van der Waals surface area contributed by atoms with Crippen LogP contribution in [-0.2, 0) is 20.8 Å². The lowest BCUT2D eigenvalue weighted by Gasteiger charge is -2.37. The van der Waals surface area contributed by atoms with E-state index in [1.54, 1.807) is 24.3 Å². The second kappa shape index (κ2) is 13.6. The predicted octanol–water partition coefficient (Wildman–Crippen LogP) is 3.72. The summed E-state index contributed by atoms with van der Waals surface area (Å²) in [5.41, 5.74) is 6.78. The van der Waals surface area contributed by atoms with E-state index in [0.29, 0.717) is 11.1 Å². The molecule has 1 aromatic rings. The molecule has 228 valence electrons. The summed E-state index contributed by atoms with van der Waals surface area (Å²) in [4.78, 5) is 39.0. The summed E-state index contributed by atoms with van der Waals surface area (Å²) >= 11 is 0. The Morgan fingerprint density at radius 3 is 2.10 bits per heavy atom. The molecule has 0 spiro atoms. The lowest BCUT2D eigenvalue weighted by atomic mass is 10.0. The second-order valence-electron chi connectivity index (χ2n) is 9.28. The van der Waals surface area contributed by atoms with Gasteiger partial charge in [0.25, 0.3) is 12.1 Å². The molecule has 0 aliphatic heterocycles. The number of nitrogens with two attached hydrogens (primary N) is 1. The van der Waals surface area contributed by atoms with Crippen LogP contribution in [0.25, 0.3) is 5.70 Å². The van der Waals surface area contributed by atoms with Crippen LogP contribution in [0.4, 0.5) is 35.1 Å². The van der Waals surface area contributed by atoms with Crippen LogP contribution in [0.15, 0.2) is 30.5 Å². The third-order valence-corrected chi connectivity index (χ3v) is 6.11. The van der Waals surface area contributed by atoms with Crippen LogP contribution in [0.3, 0.4) is 0 Å². The van der Waals surface area contributed by atoms with E-state index < -0.39 is 61.2 Å². The highest BCUT2D eigenvalue weighted by Crippen LogP contribution is 2.45. The summed E-state index contributed by atoms with van der Waals surface area (Å²) in [5, 5.41) is 9.05. The Balaban J connectivity index is 3.19.